The van der Waals surface area contributed by atoms with Gasteiger partial charge in [-0.1, -0.05) is 23.7 Å². The van der Waals surface area contributed by atoms with Crippen LogP contribution >= 0.6 is 11.6 Å². The lowest BCUT2D eigenvalue weighted by Crippen LogP contribution is -2.44. The second-order valence-electron chi connectivity index (χ2n) is 7.80. The van der Waals surface area contributed by atoms with Crippen LogP contribution in [0.2, 0.25) is 5.02 Å². The van der Waals surface area contributed by atoms with Crippen molar-refractivity contribution in [1.82, 2.24) is 15.3 Å². The Morgan fingerprint density at radius 2 is 1.90 bits per heavy atom. The Hall–Kier alpha value is -2.57. The molecule has 156 valence electrons. The van der Waals surface area contributed by atoms with Crippen LogP contribution in [0.1, 0.15) is 40.2 Å². The summed E-state index contributed by atoms with van der Waals surface area (Å²) in [5.41, 5.74) is 3.16. The molecule has 5 nitrogen and oxygen atoms in total. The minimum Gasteiger partial charge on any atom is -0.381 e. The van der Waals surface area contributed by atoms with Gasteiger partial charge in [-0.05, 0) is 50.5 Å². The van der Waals surface area contributed by atoms with E-state index in [4.69, 9.17) is 16.3 Å². The number of carbonyl (C=O) groups excluding carboxylic acids is 1. The van der Waals surface area contributed by atoms with E-state index in [0.717, 1.165) is 18.4 Å². The molecule has 0 saturated carbocycles. The van der Waals surface area contributed by atoms with Crippen LogP contribution < -0.4 is 5.32 Å². The van der Waals surface area contributed by atoms with Crippen LogP contribution in [0.5, 0.6) is 0 Å². The molecule has 4 rings (SSSR count). The van der Waals surface area contributed by atoms with E-state index in [1.54, 1.807) is 0 Å². The van der Waals surface area contributed by atoms with E-state index < -0.39 is 5.82 Å². The van der Waals surface area contributed by atoms with Gasteiger partial charge in [0.05, 0.1) is 22.5 Å². The van der Waals surface area contributed by atoms with Crippen LogP contribution in [0, 0.1) is 19.7 Å². The standard InChI is InChI=1S/C23H23ClFN3O2/c1-14-15(2)28-21-19(11-18(25)12-20(21)27-14)22(29)26-13-23(6-8-30-9-7-23)16-4-3-5-17(24)10-16/h3-5,10-12H,6-9,13H2,1-2H3,(H,26,29). The fraction of sp³-hybridized carbons (Fsp3) is 0.348. The molecule has 0 aliphatic carbocycles. The second kappa shape index (κ2) is 8.28. The number of ether oxygens (including phenoxy) is 1. The van der Waals surface area contributed by atoms with Gasteiger partial charge in [0, 0.05) is 36.3 Å². The number of halogens is 2. The van der Waals surface area contributed by atoms with Crippen LogP contribution in [0.4, 0.5) is 4.39 Å². The maximum absolute atomic E-state index is 14.2. The maximum Gasteiger partial charge on any atom is 0.253 e. The summed E-state index contributed by atoms with van der Waals surface area (Å²) in [6.07, 6.45) is 1.52. The largest absolute Gasteiger partial charge is 0.381 e. The predicted octanol–water partition coefficient (Wildman–Crippen LogP) is 4.52. The summed E-state index contributed by atoms with van der Waals surface area (Å²) in [5.74, 6) is -0.884. The van der Waals surface area contributed by atoms with Crippen molar-refractivity contribution in [3.63, 3.8) is 0 Å². The zero-order chi connectivity index (χ0) is 21.3. The predicted molar refractivity (Wildman–Crippen MR) is 114 cm³/mol. The third kappa shape index (κ3) is 4.02. The van der Waals surface area contributed by atoms with Gasteiger partial charge in [-0.25, -0.2) is 14.4 Å². The van der Waals surface area contributed by atoms with Crippen molar-refractivity contribution in [3.05, 3.63) is 69.8 Å². The van der Waals surface area contributed by atoms with Gasteiger partial charge in [0.15, 0.2) is 0 Å². The molecule has 0 radical (unpaired) electrons. The number of aromatic nitrogens is 2. The molecule has 0 bridgehead atoms. The number of amides is 1. The number of nitrogens with zero attached hydrogens (tertiary/aromatic N) is 2. The van der Waals surface area contributed by atoms with Crippen LogP contribution in [0.25, 0.3) is 11.0 Å². The van der Waals surface area contributed by atoms with Crippen molar-refractivity contribution in [2.45, 2.75) is 32.1 Å². The second-order valence-corrected chi connectivity index (χ2v) is 8.24. The average Bonchev–Trinajstić information content (AvgIpc) is 2.73. The first kappa shape index (κ1) is 20.7. The molecule has 0 spiro atoms. The van der Waals surface area contributed by atoms with Gasteiger partial charge in [-0.2, -0.15) is 0 Å². The first-order chi connectivity index (χ1) is 14.4. The molecular weight excluding hydrogens is 405 g/mol. The third-order valence-electron chi connectivity index (χ3n) is 5.86. The highest BCUT2D eigenvalue weighted by molar-refractivity contribution is 6.30. The summed E-state index contributed by atoms with van der Waals surface area (Å²) in [7, 11) is 0. The van der Waals surface area contributed by atoms with E-state index in [1.165, 1.54) is 12.1 Å². The zero-order valence-corrected chi connectivity index (χ0v) is 17.7. The van der Waals surface area contributed by atoms with E-state index >= 15 is 0 Å². The summed E-state index contributed by atoms with van der Waals surface area (Å²) >= 11 is 6.22. The lowest BCUT2D eigenvalue weighted by molar-refractivity contribution is 0.0487. The van der Waals surface area contributed by atoms with Crippen molar-refractivity contribution >= 4 is 28.5 Å². The maximum atomic E-state index is 14.2. The summed E-state index contributed by atoms with van der Waals surface area (Å²) in [6, 6.07) is 10.2. The van der Waals surface area contributed by atoms with Crippen LogP contribution in [0.15, 0.2) is 36.4 Å². The van der Waals surface area contributed by atoms with Gasteiger partial charge in [0.1, 0.15) is 11.3 Å². The molecule has 1 N–H and O–H groups in total. The van der Waals surface area contributed by atoms with E-state index in [0.29, 0.717) is 47.2 Å². The lowest BCUT2D eigenvalue weighted by atomic mass is 9.74. The van der Waals surface area contributed by atoms with E-state index in [-0.39, 0.29) is 16.9 Å². The third-order valence-corrected chi connectivity index (χ3v) is 6.10. The number of hydrogen-bond donors (Lipinski definition) is 1. The fourth-order valence-corrected chi connectivity index (χ4v) is 4.15. The molecule has 7 heteroatoms. The van der Waals surface area contributed by atoms with Gasteiger partial charge in [-0.15, -0.1) is 0 Å². The van der Waals surface area contributed by atoms with Gasteiger partial charge < -0.3 is 10.1 Å². The van der Waals surface area contributed by atoms with Gasteiger partial charge in [0.2, 0.25) is 0 Å². The Bertz CT molecular complexity index is 1110. The molecule has 2 aromatic carbocycles. The highest BCUT2D eigenvalue weighted by atomic mass is 35.5. The molecule has 1 aliphatic rings. The van der Waals surface area contributed by atoms with Crippen molar-refractivity contribution in [3.8, 4) is 0 Å². The lowest BCUT2D eigenvalue weighted by Gasteiger charge is -2.38. The first-order valence-corrected chi connectivity index (χ1v) is 10.3. The number of nitrogens with one attached hydrogen (secondary N) is 1. The normalized spacial score (nSPS) is 15.9. The molecule has 1 aliphatic heterocycles. The number of rotatable bonds is 4. The number of carbonyl (C=O) groups is 1. The van der Waals surface area contributed by atoms with E-state index in [2.05, 4.69) is 15.3 Å². The number of fused-ring (bicyclic) bond motifs is 1. The van der Waals surface area contributed by atoms with Crippen molar-refractivity contribution in [2.24, 2.45) is 0 Å². The van der Waals surface area contributed by atoms with Gasteiger partial charge >= 0.3 is 0 Å². The highest BCUT2D eigenvalue weighted by Crippen LogP contribution is 2.35. The zero-order valence-electron chi connectivity index (χ0n) is 17.0. The Morgan fingerprint density at radius 3 is 2.63 bits per heavy atom. The average molecular weight is 428 g/mol. The molecule has 1 saturated heterocycles. The molecule has 0 atom stereocenters. The van der Waals surface area contributed by atoms with E-state index in [9.17, 15) is 9.18 Å². The monoisotopic (exact) mass is 427 g/mol. The van der Waals surface area contributed by atoms with Crippen molar-refractivity contribution < 1.29 is 13.9 Å². The van der Waals surface area contributed by atoms with Crippen molar-refractivity contribution in [2.75, 3.05) is 19.8 Å². The number of hydrogen-bond acceptors (Lipinski definition) is 4. The molecule has 30 heavy (non-hydrogen) atoms. The summed E-state index contributed by atoms with van der Waals surface area (Å²) < 4.78 is 19.7. The Morgan fingerprint density at radius 1 is 1.17 bits per heavy atom. The minimum absolute atomic E-state index is 0.189. The quantitative estimate of drug-likeness (QED) is 0.665. The number of benzene rings is 2. The van der Waals surface area contributed by atoms with Gasteiger partial charge in [0.25, 0.3) is 5.91 Å². The molecule has 3 aromatic rings. The van der Waals surface area contributed by atoms with Crippen LogP contribution in [-0.4, -0.2) is 35.6 Å². The number of aryl methyl sites for hydroxylation is 2. The minimum atomic E-state index is -0.513. The summed E-state index contributed by atoms with van der Waals surface area (Å²) in [5, 5.41) is 3.66. The molecule has 1 aromatic heterocycles. The molecule has 2 heterocycles. The fourth-order valence-electron chi connectivity index (χ4n) is 3.96. The Kier molecular flexibility index (Phi) is 5.71. The molecular formula is C23H23ClFN3O2. The Labute approximate surface area is 179 Å². The van der Waals surface area contributed by atoms with Gasteiger partial charge in [-0.3, -0.25) is 4.79 Å². The molecule has 1 amide bonds. The highest BCUT2D eigenvalue weighted by Gasteiger charge is 2.35. The topological polar surface area (TPSA) is 64.1 Å². The smallest absolute Gasteiger partial charge is 0.253 e. The molecule has 0 unspecified atom stereocenters. The van der Waals surface area contributed by atoms with Crippen LogP contribution in [-0.2, 0) is 10.2 Å². The summed E-state index contributed by atoms with van der Waals surface area (Å²) in [4.78, 5) is 22.0. The van der Waals surface area contributed by atoms with Crippen LogP contribution in [0.3, 0.4) is 0 Å². The Balaban J connectivity index is 1.65. The SMILES string of the molecule is Cc1nc2cc(F)cc(C(=O)NCC3(c4cccc(Cl)c4)CCOCC3)c2nc1C. The first-order valence-electron chi connectivity index (χ1n) is 9.94. The molecule has 1 fully saturated rings. The summed E-state index contributed by atoms with van der Waals surface area (Å²) in [6.45, 7) is 5.24. The van der Waals surface area contributed by atoms with Crippen molar-refractivity contribution in [1.29, 1.82) is 0 Å². The van der Waals surface area contributed by atoms with E-state index in [1.807, 2.05) is 38.1 Å².